The molecule has 0 aliphatic carbocycles. The van der Waals surface area contributed by atoms with Gasteiger partial charge in [-0.1, -0.05) is 36.0 Å². The first-order valence-electron chi connectivity index (χ1n) is 8.37. The molecule has 2 heterocycles. The summed E-state index contributed by atoms with van der Waals surface area (Å²) in [5.74, 6) is -0.0397. The summed E-state index contributed by atoms with van der Waals surface area (Å²) in [5, 5.41) is 25.0. The van der Waals surface area contributed by atoms with Crippen LogP contribution in [0.25, 0.3) is 10.9 Å². The first kappa shape index (κ1) is 17.3. The molecule has 1 atom stereocenters. The molecule has 0 spiro atoms. The van der Waals surface area contributed by atoms with Crippen LogP contribution in [0.5, 0.6) is 5.88 Å². The third kappa shape index (κ3) is 3.31. The van der Waals surface area contributed by atoms with Gasteiger partial charge >= 0.3 is 5.24 Å². The van der Waals surface area contributed by atoms with Gasteiger partial charge in [0.2, 0.25) is 5.88 Å². The van der Waals surface area contributed by atoms with E-state index in [0.717, 1.165) is 22.2 Å². The van der Waals surface area contributed by atoms with Gasteiger partial charge in [-0.25, -0.2) is 5.01 Å². The van der Waals surface area contributed by atoms with E-state index < -0.39 is 0 Å². The zero-order valence-corrected chi connectivity index (χ0v) is 15.6. The number of thioether (sulfide) groups is 1. The Bertz CT molecular complexity index is 1070. The fourth-order valence-electron chi connectivity index (χ4n) is 2.89. The van der Waals surface area contributed by atoms with Gasteiger partial charge in [0.1, 0.15) is 0 Å². The lowest BCUT2D eigenvalue weighted by molar-refractivity contribution is 0.234. The van der Waals surface area contributed by atoms with Crippen molar-refractivity contribution in [2.24, 2.45) is 15.3 Å². The Labute approximate surface area is 159 Å². The molecule has 1 aliphatic rings. The molecular weight excluding hydrogens is 362 g/mol. The second-order valence-corrected chi connectivity index (χ2v) is 7.45. The van der Waals surface area contributed by atoms with Crippen LogP contribution in [0.15, 0.2) is 63.9 Å². The van der Waals surface area contributed by atoms with E-state index in [1.165, 1.54) is 16.8 Å². The third-order valence-corrected chi connectivity index (χ3v) is 5.30. The number of aromatic nitrogens is 1. The summed E-state index contributed by atoms with van der Waals surface area (Å²) in [6.45, 7) is 1.95. The van der Waals surface area contributed by atoms with Crippen LogP contribution in [0.2, 0.25) is 0 Å². The van der Waals surface area contributed by atoms with Crippen molar-refractivity contribution in [1.82, 2.24) is 9.99 Å². The quantitative estimate of drug-likeness (QED) is 0.614. The Morgan fingerprint density at radius 1 is 1.19 bits per heavy atom. The largest absolute Gasteiger partial charge is 0.493 e. The first-order chi connectivity index (χ1) is 13.0. The fraction of sp³-hybridized carbons (Fsp3) is 0.158. The topological polar surface area (TPSA) is 93.4 Å². The maximum Gasteiger partial charge on any atom is 0.302 e. The maximum atomic E-state index is 11.8. The molecule has 27 heavy (non-hydrogen) atoms. The maximum absolute atomic E-state index is 11.8. The highest BCUT2D eigenvalue weighted by molar-refractivity contribution is 8.14. The van der Waals surface area contributed by atoms with E-state index in [1.54, 1.807) is 7.05 Å². The number of carbonyl (C=O) groups is 1. The number of fused-ring (bicyclic) bond motifs is 1. The number of hydrogen-bond acceptors (Lipinski definition) is 6. The second kappa shape index (κ2) is 6.88. The van der Waals surface area contributed by atoms with Crippen molar-refractivity contribution in [1.29, 1.82) is 0 Å². The molecule has 8 heteroatoms. The molecule has 3 aromatic rings. The van der Waals surface area contributed by atoms with Crippen molar-refractivity contribution >= 4 is 45.0 Å². The molecule has 7 nitrogen and oxygen atoms in total. The van der Waals surface area contributed by atoms with Crippen molar-refractivity contribution in [3.8, 4) is 5.88 Å². The van der Waals surface area contributed by atoms with Gasteiger partial charge in [-0.05, 0) is 36.8 Å². The summed E-state index contributed by atoms with van der Waals surface area (Å²) in [5.41, 5.74) is 3.49. The van der Waals surface area contributed by atoms with Crippen LogP contribution in [0.4, 0.5) is 16.2 Å². The summed E-state index contributed by atoms with van der Waals surface area (Å²) in [7, 11) is 1.64. The SMILES string of the molecule is CC1SC(=O)N(C)N=C1c1ccc2[nH]c(O)c(N=Nc3ccccc3)c2c1. The molecule has 4 rings (SSSR count). The van der Waals surface area contributed by atoms with Gasteiger partial charge in [0.05, 0.1) is 22.2 Å². The third-order valence-electron chi connectivity index (χ3n) is 4.25. The minimum Gasteiger partial charge on any atom is -0.493 e. The average molecular weight is 379 g/mol. The van der Waals surface area contributed by atoms with Gasteiger partial charge in [-0.3, -0.25) is 4.79 Å². The van der Waals surface area contributed by atoms with E-state index in [4.69, 9.17) is 0 Å². The number of hydrazone groups is 1. The summed E-state index contributed by atoms with van der Waals surface area (Å²) in [4.78, 5) is 14.7. The van der Waals surface area contributed by atoms with Gasteiger partial charge in [0.15, 0.2) is 5.69 Å². The number of nitrogens with one attached hydrogen (secondary N) is 1. The predicted molar refractivity (Wildman–Crippen MR) is 107 cm³/mol. The van der Waals surface area contributed by atoms with Crippen molar-refractivity contribution in [3.05, 3.63) is 54.1 Å². The number of nitrogens with zero attached hydrogens (tertiary/aromatic N) is 4. The highest BCUT2D eigenvalue weighted by atomic mass is 32.2. The van der Waals surface area contributed by atoms with Crippen LogP contribution in [-0.4, -0.2) is 38.3 Å². The number of azo groups is 1. The van der Waals surface area contributed by atoms with Crippen molar-refractivity contribution in [3.63, 3.8) is 0 Å². The molecule has 2 N–H and O–H groups in total. The standard InChI is InChI=1S/C19H17N5O2S/c1-11-16(23-24(2)19(26)27-11)12-8-9-15-14(10-12)17(18(25)20-15)22-21-13-6-4-3-5-7-13/h3-11,20,25H,1-2H3. The number of carbonyl (C=O) groups excluding carboxylic acids is 1. The summed E-state index contributed by atoms with van der Waals surface area (Å²) >= 11 is 1.23. The van der Waals surface area contributed by atoms with Gasteiger partial charge in [0.25, 0.3) is 0 Å². The van der Waals surface area contributed by atoms with Gasteiger partial charge in [-0.2, -0.15) is 10.2 Å². The molecule has 136 valence electrons. The van der Waals surface area contributed by atoms with Crippen LogP contribution < -0.4 is 0 Å². The van der Waals surface area contributed by atoms with Crippen LogP contribution in [0.3, 0.4) is 0 Å². The Morgan fingerprint density at radius 2 is 1.96 bits per heavy atom. The molecule has 1 amide bonds. The smallest absolute Gasteiger partial charge is 0.302 e. The number of hydrogen-bond donors (Lipinski definition) is 2. The molecular formula is C19H17N5O2S. The lowest BCUT2D eigenvalue weighted by Gasteiger charge is -2.24. The zero-order valence-electron chi connectivity index (χ0n) is 14.7. The minimum absolute atomic E-state index is 0.0397. The summed E-state index contributed by atoms with van der Waals surface area (Å²) in [6, 6.07) is 15.0. The average Bonchev–Trinajstić information content (AvgIpc) is 2.98. The van der Waals surface area contributed by atoms with E-state index >= 15 is 0 Å². The van der Waals surface area contributed by atoms with Gasteiger partial charge in [0, 0.05) is 12.4 Å². The minimum atomic E-state index is -0.0797. The number of aromatic hydroxyl groups is 1. The molecule has 0 saturated heterocycles. The van der Waals surface area contributed by atoms with E-state index in [-0.39, 0.29) is 16.4 Å². The molecule has 1 aromatic heterocycles. The lowest BCUT2D eigenvalue weighted by Crippen LogP contribution is -2.31. The van der Waals surface area contributed by atoms with Crippen molar-refractivity contribution in [2.75, 3.05) is 7.05 Å². The van der Waals surface area contributed by atoms with Crippen molar-refractivity contribution < 1.29 is 9.90 Å². The number of benzene rings is 2. The van der Waals surface area contributed by atoms with Crippen LogP contribution in [-0.2, 0) is 0 Å². The zero-order chi connectivity index (χ0) is 19.0. The molecule has 0 bridgehead atoms. The van der Waals surface area contributed by atoms with Crippen LogP contribution >= 0.6 is 11.8 Å². The fourth-order valence-corrected chi connectivity index (χ4v) is 3.68. The normalized spacial score (nSPS) is 17.7. The predicted octanol–water partition coefficient (Wildman–Crippen LogP) is 5.18. The number of H-pyrrole nitrogens is 1. The molecule has 0 saturated carbocycles. The summed E-state index contributed by atoms with van der Waals surface area (Å²) in [6.07, 6.45) is 0. The molecule has 0 radical (unpaired) electrons. The Morgan fingerprint density at radius 3 is 2.74 bits per heavy atom. The van der Waals surface area contributed by atoms with Gasteiger partial charge < -0.3 is 10.1 Å². The van der Waals surface area contributed by atoms with E-state index in [1.807, 2.05) is 55.5 Å². The lowest BCUT2D eigenvalue weighted by atomic mass is 10.1. The Hall–Kier alpha value is -3.13. The van der Waals surface area contributed by atoms with E-state index in [0.29, 0.717) is 11.4 Å². The molecule has 0 fully saturated rings. The van der Waals surface area contributed by atoms with Crippen molar-refractivity contribution in [2.45, 2.75) is 12.2 Å². The Balaban J connectivity index is 1.77. The second-order valence-electron chi connectivity index (χ2n) is 6.15. The highest BCUT2D eigenvalue weighted by Gasteiger charge is 2.26. The molecule has 1 aliphatic heterocycles. The first-order valence-corrected chi connectivity index (χ1v) is 9.25. The number of aromatic amines is 1. The highest BCUT2D eigenvalue weighted by Crippen LogP contribution is 2.37. The number of amides is 1. The van der Waals surface area contributed by atoms with Crippen LogP contribution in [0.1, 0.15) is 12.5 Å². The van der Waals surface area contributed by atoms with E-state index in [9.17, 15) is 9.90 Å². The van der Waals surface area contributed by atoms with E-state index in [2.05, 4.69) is 20.3 Å². The Kier molecular flexibility index (Phi) is 4.41. The monoisotopic (exact) mass is 379 g/mol. The number of rotatable bonds is 3. The molecule has 1 unspecified atom stereocenters. The van der Waals surface area contributed by atoms with Crippen LogP contribution in [0, 0.1) is 0 Å². The molecule has 2 aromatic carbocycles. The summed E-state index contributed by atoms with van der Waals surface area (Å²) < 4.78 is 0. The van der Waals surface area contributed by atoms with Gasteiger partial charge in [-0.15, -0.1) is 5.11 Å².